The molecule has 2 aromatic heterocycles. The first-order valence-electron chi connectivity index (χ1n) is 8.44. The number of halogens is 1. The second-order valence-electron chi connectivity index (χ2n) is 6.46. The maximum atomic E-state index is 5.60. The summed E-state index contributed by atoms with van der Waals surface area (Å²) < 4.78 is 8.87. The Morgan fingerprint density at radius 1 is 1.21 bits per heavy atom. The van der Waals surface area contributed by atoms with E-state index in [0.717, 1.165) is 47.6 Å². The van der Waals surface area contributed by atoms with Crippen LogP contribution >= 0.6 is 15.9 Å². The highest BCUT2D eigenvalue weighted by molar-refractivity contribution is 9.10. The molecule has 1 aliphatic rings. The third-order valence-corrected chi connectivity index (χ3v) is 5.44. The van der Waals surface area contributed by atoms with Gasteiger partial charge in [0.25, 0.3) is 0 Å². The van der Waals surface area contributed by atoms with E-state index in [1.54, 1.807) is 0 Å². The highest BCUT2D eigenvalue weighted by Crippen LogP contribution is 2.47. The lowest BCUT2D eigenvalue weighted by molar-refractivity contribution is 0.269. The molecule has 0 bridgehead atoms. The van der Waals surface area contributed by atoms with Gasteiger partial charge in [0, 0.05) is 35.3 Å². The molecule has 0 spiro atoms. The van der Waals surface area contributed by atoms with E-state index in [4.69, 9.17) is 4.52 Å². The normalized spacial score (nSPS) is 20.1. The topological polar surface area (TPSA) is 43.9 Å². The van der Waals surface area contributed by atoms with Gasteiger partial charge in [0.2, 0.25) is 0 Å². The highest BCUT2D eigenvalue weighted by atomic mass is 79.9. The number of aromatic nitrogens is 3. The van der Waals surface area contributed by atoms with Crippen molar-refractivity contribution in [1.29, 1.82) is 0 Å². The number of rotatable bonds is 5. The van der Waals surface area contributed by atoms with Crippen molar-refractivity contribution in [3.05, 3.63) is 70.0 Å². The minimum Gasteiger partial charge on any atom is -0.361 e. The van der Waals surface area contributed by atoms with Crippen molar-refractivity contribution >= 4 is 15.9 Å². The summed E-state index contributed by atoms with van der Waals surface area (Å²) in [5.41, 5.74) is 2.39. The Labute approximate surface area is 150 Å². The average molecular weight is 386 g/mol. The molecule has 4 rings (SSSR count). The highest BCUT2D eigenvalue weighted by Gasteiger charge is 2.34. The molecule has 0 N–H and O–H groups in total. The number of aryl methyl sites for hydroxylation is 1. The Morgan fingerprint density at radius 3 is 2.75 bits per heavy atom. The van der Waals surface area contributed by atoms with Crippen LogP contribution in [0.1, 0.15) is 54.4 Å². The van der Waals surface area contributed by atoms with Crippen molar-refractivity contribution in [2.75, 3.05) is 0 Å². The largest absolute Gasteiger partial charge is 0.361 e. The van der Waals surface area contributed by atoms with Gasteiger partial charge in [0.05, 0.1) is 6.54 Å². The number of benzene rings is 1. The number of hydrogen-bond acceptors (Lipinski definition) is 3. The maximum Gasteiger partial charge on any atom is 0.140 e. The third kappa shape index (κ3) is 3.05. The van der Waals surface area contributed by atoms with Crippen LogP contribution in [0, 0.1) is 0 Å². The minimum atomic E-state index is 0.494. The molecule has 1 fully saturated rings. The van der Waals surface area contributed by atoms with Gasteiger partial charge in [-0.3, -0.25) is 0 Å². The summed E-state index contributed by atoms with van der Waals surface area (Å²) in [5, 5.41) is 4.25. The Morgan fingerprint density at radius 2 is 2.00 bits per heavy atom. The second kappa shape index (κ2) is 6.55. The van der Waals surface area contributed by atoms with E-state index in [1.165, 1.54) is 5.56 Å². The lowest BCUT2D eigenvalue weighted by Crippen LogP contribution is -2.19. The molecule has 0 atom stereocenters. The molecule has 24 heavy (non-hydrogen) atoms. The van der Waals surface area contributed by atoms with E-state index in [0.29, 0.717) is 11.8 Å². The molecule has 0 saturated heterocycles. The number of nitrogens with zero attached hydrogens (tertiary/aromatic N) is 3. The average Bonchev–Trinajstić information content (AvgIpc) is 3.18. The van der Waals surface area contributed by atoms with Crippen LogP contribution in [0.2, 0.25) is 0 Å². The molecule has 0 amide bonds. The van der Waals surface area contributed by atoms with Crippen molar-refractivity contribution in [3.8, 4) is 0 Å². The van der Waals surface area contributed by atoms with Crippen molar-refractivity contribution in [3.63, 3.8) is 0 Å². The lowest BCUT2D eigenvalue weighted by atomic mass is 9.70. The summed E-state index contributed by atoms with van der Waals surface area (Å²) in [6, 6.07) is 10.8. The molecular weight excluding hydrogens is 366 g/mol. The fourth-order valence-corrected chi connectivity index (χ4v) is 3.69. The van der Waals surface area contributed by atoms with Gasteiger partial charge in [0.15, 0.2) is 0 Å². The number of imidazole rings is 1. The molecule has 2 heterocycles. The zero-order valence-corrected chi connectivity index (χ0v) is 15.2. The predicted molar refractivity (Wildman–Crippen MR) is 96.1 cm³/mol. The van der Waals surface area contributed by atoms with E-state index in [-0.39, 0.29) is 0 Å². The molecule has 5 heteroatoms. The Bertz CT molecular complexity index is 815. The van der Waals surface area contributed by atoms with Gasteiger partial charge >= 0.3 is 0 Å². The van der Waals surface area contributed by atoms with Crippen molar-refractivity contribution in [2.45, 2.75) is 44.6 Å². The first-order chi connectivity index (χ1) is 11.7. The summed E-state index contributed by atoms with van der Waals surface area (Å²) in [6.07, 6.45) is 7.05. The molecule has 1 aromatic carbocycles. The summed E-state index contributed by atoms with van der Waals surface area (Å²) in [7, 11) is 0. The van der Waals surface area contributed by atoms with E-state index >= 15 is 0 Å². The number of hydrogen-bond donors (Lipinski definition) is 0. The SMILES string of the molecule is CCc1nccn1Cc1cc(C2CC(c3ccc(Br)cc3)C2)on1. The van der Waals surface area contributed by atoms with E-state index in [2.05, 4.69) is 67.9 Å². The van der Waals surface area contributed by atoms with Crippen molar-refractivity contribution in [1.82, 2.24) is 14.7 Å². The van der Waals surface area contributed by atoms with Crippen molar-refractivity contribution < 1.29 is 4.52 Å². The molecule has 0 aliphatic heterocycles. The van der Waals surface area contributed by atoms with Gasteiger partial charge in [-0.1, -0.05) is 40.1 Å². The summed E-state index contributed by atoms with van der Waals surface area (Å²) in [6.45, 7) is 2.85. The van der Waals surface area contributed by atoms with Crippen LogP contribution in [0.3, 0.4) is 0 Å². The van der Waals surface area contributed by atoms with Gasteiger partial charge < -0.3 is 9.09 Å². The Balaban J connectivity index is 1.39. The zero-order chi connectivity index (χ0) is 16.5. The van der Waals surface area contributed by atoms with Crippen molar-refractivity contribution in [2.24, 2.45) is 0 Å². The summed E-state index contributed by atoms with van der Waals surface area (Å²) >= 11 is 3.49. The smallest absolute Gasteiger partial charge is 0.140 e. The first kappa shape index (κ1) is 15.6. The van der Waals surface area contributed by atoms with Gasteiger partial charge in [-0.15, -0.1) is 0 Å². The van der Waals surface area contributed by atoms with Crippen LogP contribution in [0.15, 0.2) is 51.7 Å². The molecular formula is C19H20BrN3O. The quantitative estimate of drug-likeness (QED) is 0.626. The van der Waals surface area contributed by atoms with E-state index in [1.807, 2.05) is 12.4 Å². The summed E-state index contributed by atoms with van der Waals surface area (Å²) in [5.74, 6) is 3.24. The molecule has 0 radical (unpaired) electrons. The fraction of sp³-hybridized carbons (Fsp3) is 0.368. The molecule has 3 aromatic rings. The molecule has 1 aliphatic carbocycles. The lowest BCUT2D eigenvalue weighted by Gasteiger charge is -2.33. The van der Waals surface area contributed by atoms with Crippen LogP contribution in [0.4, 0.5) is 0 Å². The van der Waals surface area contributed by atoms with Gasteiger partial charge in [-0.2, -0.15) is 0 Å². The maximum absolute atomic E-state index is 5.60. The molecule has 124 valence electrons. The van der Waals surface area contributed by atoms with Crippen LogP contribution in [-0.2, 0) is 13.0 Å². The molecule has 4 nitrogen and oxygen atoms in total. The Kier molecular flexibility index (Phi) is 4.27. The second-order valence-corrected chi connectivity index (χ2v) is 7.38. The fourth-order valence-electron chi connectivity index (χ4n) is 3.43. The monoisotopic (exact) mass is 385 g/mol. The Hall–Kier alpha value is -1.88. The first-order valence-corrected chi connectivity index (χ1v) is 9.23. The third-order valence-electron chi connectivity index (χ3n) is 4.91. The van der Waals surface area contributed by atoms with Crippen LogP contribution in [0.5, 0.6) is 0 Å². The predicted octanol–water partition coefficient (Wildman–Crippen LogP) is 4.91. The van der Waals surface area contributed by atoms with Gasteiger partial charge in [0.1, 0.15) is 17.3 Å². The van der Waals surface area contributed by atoms with E-state index < -0.39 is 0 Å². The summed E-state index contributed by atoms with van der Waals surface area (Å²) in [4.78, 5) is 4.35. The van der Waals surface area contributed by atoms with Gasteiger partial charge in [-0.25, -0.2) is 4.98 Å². The zero-order valence-electron chi connectivity index (χ0n) is 13.7. The molecule has 1 saturated carbocycles. The van der Waals surface area contributed by atoms with Crippen LogP contribution in [-0.4, -0.2) is 14.7 Å². The van der Waals surface area contributed by atoms with E-state index in [9.17, 15) is 0 Å². The van der Waals surface area contributed by atoms with Gasteiger partial charge in [-0.05, 0) is 36.5 Å². The molecule has 0 unspecified atom stereocenters. The van der Waals surface area contributed by atoms with Crippen LogP contribution in [0.25, 0.3) is 0 Å². The van der Waals surface area contributed by atoms with Crippen LogP contribution < -0.4 is 0 Å². The standard InChI is InChI=1S/C19H20BrN3O/c1-2-19-21-7-8-23(19)12-17-11-18(24-22-17)15-9-14(10-15)13-3-5-16(20)6-4-13/h3-8,11,14-15H,2,9-10,12H2,1H3. The minimum absolute atomic E-state index is 0.494.